The Hall–Kier alpha value is -2.71. The highest BCUT2D eigenvalue weighted by atomic mass is 19.4. The number of nitrogens with zero attached hydrogens (tertiary/aromatic N) is 2. The average Bonchev–Trinajstić information content (AvgIpc) is 2.46. The molecule has 0 heterocycles. The van der Waals surface area contributed by atoms with E-state index in [2.05, 4.69) is 0 Å². The van der Waals surface area contributed by atoms with Crippen LogP contribution in [0.2, 0.25) is 0 Å². The first-order valence-electron chi connectivity index (χ1n) is 6.02. The Morgan fingerprint density at radius 3 is 2.14 bits per heavy atom. The first-order valence-corrected chi connectivity index (χ1v) is 6.02. The van der Waals surface area contributed by atoms with Crippen molar-refractivity contribution in [1.29, 1.82) is 0 Å². The SMILES string of the molecule is O=[N+]([O-])C1=CC([N+](=O)[O-])(C(F)(F)F)C=CC1c1ccccc1. The second-order valence-corrected chi connectivity index (χ2v) is 4.65. The molecular formula is C13H9F3N2O4. The molecule has 2 rings (SSSR count). The molecule has 0 amide bonds. The molecule has 0 radical (unpaired) electrons. The standard InChI is InChI=1S/C13H9F3N2O4/c14-13(15,16)12(18(21)22)7-6-10(11(8-12)17(19)20)9-4-2-1-3-5-9/h1-8,10H. The van der Waals surface area contributed by atoms with Gasteiger partial charge in [0.05, 0.1) is 16.9 Å². The second kappa shape index (κ2) is 5.24. The Morgan fingerprint density at radius 2 is 1.68 bits per heavy atom. The van der Waals surface area contributed by atoms with Crippen molar-refractivity contribution in [2.45, 2.75) is 17.6 Å². The smallest absolute Gasteiger partial charge is 0.263 e. The van der Waals surface area contributed by atoms with E-state index in [1.54, 1.807) is 18.2 Å². The van der Waals surface area contributed by atoms with Crippen LogP contribution in [0.5, 0.6) is 0 Å². The van der Waals surface area contributed by atoms with Gasteiger partial charge in [-0.1, -0.05) is 36.4 Å². The van der Waals surface area contributed by atoms with Gasteiger partial charge in [-0.15, -0.1) is 0 Å². The highest BCUT2D eigenvalue weighted by Gasteiger charge is 2.65. The molecule has 0 bridgehead atoms. The highest BCUT2D eigenvalue weighted by molar-refractivity contribution is 5.38. The Bertz CT molecular complexity index is 670. The first-order chi connectivity index (χ1) is 10.2. The van der Waals surface area contributed by atoms with Crippen LogP contribution >= 0.6 is 0 Å². The van der Waals surface area contributed by atoms with Gasteiger partial charge in [0.25, 0.3) is 5.70 Å². The zero-order chi connectivity index (χ0) is 16.5. The molecule has 2 atom stereocenters. The third-order valence-corrected chi connectivity index (χ3v) is 3.36. The number of halogens is 3. The van der Waals surface area contributed by atoms with Crippen molar-refractivity contribution >= 4 is 0 Å². The number of rotatable bonds is 3. The third kappa shape index (κ3) is 2.45. The molecule has 0 N–H and O–H groups in total. The van der Waals surface area contributed by atoms with Crippen LogP contribution in [0.3, 0.4) is 0 Å². The van der Waals surface area contributed by atoms with Crippen LogP contribution in [0.15, 0.2) is 54.3 Å². The molecule has 22 heavy (non-hydrogen) atoms. The fourth-order valence-electron chi connectivity index (χ4n) is 2.21. The zero-order valence-corrected chi connectivity index (χ0v) is 10.9. The van der Waals surface area contributed by atoms with E-state index in [4.69, 9.17) is 0 Å². The van der Waals surface area contributed by atoms with Crippen molar-refractivity contribution in [3.63, 3.8) is 0 Å². The Labute approximate surface area is 121 Å². The Morgan fingerprint density at radius 1 is 1.09 bits per heavy atom. The molecule has 2 unspecified atom stereocenters. The predicted octanol–water partition coefficient (Wildman–Crippen LogP) is 3.08. The van der Waals surface area contributed by atoms with Crippen molar-refractivity contribution in [3.8, 4) is 0 Å². The molecule has 9 heteroatoms. The van der Waals surface area contributed by atoms with E-state index < -0.39 is 33.2 Å². The largest absolute Gasteiger partial charge is 0.469 e. The van der Waals surface area contributed by atoms with Gasteiger partial charge in [0.15, 0.2) is 0 Å². The summed E-state index contributed by atoms with van der Waals surface area (Å²) in [4.78, 5) is 19.4. The van der Waals surface area contributed by atoms with Crippen molar-refractivity contribution in [1.82, 2.24) is 0 Å². The number of alkyl halides is 3. The Balaban J connectivity index is 2.60. The van der Waals surface area contributed by atoms with Crippen LogP contribution in [0.1, 0.15) is 11.5 Å². The normalized spacial score (nSPS) is 24.7. The average molecular weight is 314 g/mol. The molecule has 1 aromatic carbocycles. The summed E-state index contributed by atoms with van der Waals surface area (Å²) in [7, 11) is 0. The van der Waals surface area contributed by atoms with Gasteiger partial charge in [0.2, 0.25) is 0 Å². The summed E-state index contributed by atoms with van der Waals surface area (Å²) in [6, 6.07) is 7.78. The van der Waals surface area contributed by atoms with Crippen molar-refractivity contribution < 1.29 is 23.0 Å². The lowest BCUT2D eigenvalue weighted by Gasteiger charge is -2.25. The maximum Gasteiger partial charge on any atom is 0.469 e. The maximum atomic E-state index is 13.1. The molecule has 1 aliphatic rings. The van der Waals surface area contributed by atoms with Crippen LogP contribution in [0, 0.1) is 20.2 Å². The van der Waals surface area contributed by atoms with E-state index in [1.165, 1.54) is 12.1 Å². The minimum atomic E-state index is -5.28. The molecule has 0 saturated heterocycles. The topological polar surface area (TPSA) is 86.3 Å². The van der Waals surface area contributed by atoms with Crippen LogP contribution < -0.4 is 0 Å². The lowest BCUT2D eigenvalue weighted by Crippen LogP contribution is -2.50. The molecule has 1 aliphatic carbocycles. The van der Waals surface area contributed by atoms with E-state index in [9.17, 15) is 33.4 Å². The first kappa shape index (κ1) is 15.7. The van der Waals surface area contributed by atoms with Crippen molar-refractivity contribution in [2.24, 2.45) is 0 Å². The van der Waals surface area contributed by atoms with E-state index in [-0.39, 0.29) is 6.08 Å². The molecular weight excluding hydrogens is 305 g/mol. The van der Waals surface area contributed by atoms with Crippen LogP contribution in [0.25, 0.3) is 0 Å². The Kier molecular flexibility index (Phi) is 3.74. The van der Waals surface area contributed by atoms with Gasteiger partial charge in [-0.2, -0.15) is 13.2 Å². The minimum Gasteiger partial charge on any atom is -0.263 e. The molecule has 0 spiro atoms. The van der Waals surface area contributed by atoms with Gasteiger partial charge in [0, 0.05) is 11.0 Å². The van der Waals surface area contributed by atoms with E-state index >= 15 is 0 Å². The van der Waals surface area contributed by atoms with E-state index in [0.29, 0.717) is 11.6 Å². The molecule has 6 nitrogen and oxygen atoms in total. The minimum absolute atomic E-state index is 0.0741. The number of hydrogen-bond donors (Lipinski definition) is 0. The number of hydrogen-bond acceptors (Lipinski definition) is 4. The van der Waals surface area contributed by atoms with Crippen LogP contribution in [0.4, 0.5) is 13.2 Å². The van der Waals surface area contributed by atoms with Gasteiger partial charge < -0.3 is 0 Å². The molecule has 0 aliphatic heterocycles. The lowest BCUT2D eigenvalue weighted by molar-refractivity contribution is -0.584. The number of benzene rings is 1. The fourth-order valence-corrected chi connectivity index (χ4v) is 2.21. The van der Waals surface area contributed by atoms with Crippen LogP contribution in [-0.4, -0.2) is 21.6 Å². The summed E-state index contributed by atoms with van der Waals surface area (Å²) < 4.78 is 39.2. The molecule has 116 valence electrons. The van der Waals surface area contributed by atoms with Gasteiger partial charge in [-0.3, -0.25) is 20.2 Å². The molecule has 0 fully saturated rings. The highest BCUT2D eigenvalue weighted by Crippen LogP contribution is 2.42. The summed E-state index contributed by atoms with van der Waals surface area (Å²) in [6.07, 6.45) is -4.00. The van der Waals surface area contributed by atoms with Crippen molar-refractivity contribution in [3.05, 3.63) is 80.0 Å². The maximum absolute atomic E-state index is 13.1. The quantitative estimate of drug-likeness (QED) is 0.487. The summed E-state index contributed by atoms with van der Waals surface area (Å²) in [5.74, 6) is -1.08. The summed E-state index contributed by atoms with van der Waals surface area (Å²) >= 11 is 0. The second-order valence-electron chi connectivity index (χ2n) is 4.65. The summed E-state index contributed by atoms with van der Waals surface area (Å²) in [6.45, 7) is 0. The zero-order valence-electron chi connectivity index (χ0n) is 10.9. The van der Waals surface area contributed by atoms with Gasteiger partial charge >= 0.3 is 11.7 Å². The predicted molar refractivity (Wildman–Crippen MR) is 69.2 cm³/mol. The van der Waals surface area contributed by atoms with Gasteiger partial charge in [0.1, 0.15) is 0 Å². The monoisotopic (exact) mass is 314 g/mol. The van der Waals surface area contributed by atoms with E-state index in [1.807, 2.05) is 0 Å². The lowest BCUT2D eigenvalue weighted by atomic mass is 9.83. The summed E-state index contributed by atoms with van der Waals surface area (Å²) in [5.41, 5.74) is -4.08. The number of nitro groups is 2. The molecule has 0 aromatic heterocycles. The van der Waals surface area contributed by atoms with Crippen LogP contribution in [-0.2, 0) is 0 Å². The molecule has 0 saturated carbocycles. The number of allylic oxidation sites excluding steroid dienone is 1. The fraction of sp³-hybridized carbons (Fsp3) is 0.231. The van der Waals surface area contributed by atoms with Crippen molar-refractivity contribution in [2.75, 3.05) is 0 Å². The third-order valence-electron chi connectivity index (χ3n) is 3.36. The van der Waals surface area contributed by atoms with Gasteiger partial charge in [-0.05, 0) is 5.56 Å². The van der Waals surface area contributed by atoms with Gasteiger partial charge in [-0.25, -0.2) is 0 Å². The molecule has 1 aromatic rings. The van der Waals surface area contributed by atoms with E-state index in [0.717, 1.165) is 6.08 Å². The summed E-state index contributed by atoms with van der Waals surface area (Å²) in [5, 5.41) is 22.0.